The number of rotatable bonds is 6. The zero-order valence-corrected chi connectivity index (χ0v) is 21.3. The van der Waals surface area contributed by atoms with Crippen LogP contribution in [0.25, 0.3) is 15.8 Å². The van der Waals surface area contributed by atoms with Crippen molar-refractivity contribution in [3.8, 4) is 0 Å². The standard InChI is InChI=1S/C26H18Cl2N4O4S/c27-17-9-8-15(11-18(17)28)30-22(34)13-36-26(35)14-4-3-5-16(10-14)32-12-20(33)23(24(32)29)25-31-19-6-1-2-7-21(19)37-25/h1-11,29,33H,12-13H2,(H,30,34). The molecule has 0 spiro atoms. The summed E-state index contributed by atoms with van der Waals surface area (Å²) >= 11 is 13.2. The Bertz CT molecular complexity index is 1570. The summed E-state index contributed by atoms with van der Waals surface area (Å²) in [7, 11) is 0. The number of amides is 1. The van der Waals surface area contributed by atoms with Crippen LogP contribution in [0.1, 0.15) is 15.4 Å². The molecule has 1 aliphatic heterocycles. The fraction of sp³-hybridized carbons (Fsp3) is 0.0769. The van der Waals surface area contributed by atoms with Gasteiger partial charge in [-0.15, -0.1) is 11.3 Å². The average molecular weight is 553 g/mol. The number of hydrogen-bond acceptors (Lipinski definition) is 7. The van der Waals surface area contributed by atoms with E-state index in [4.69, 9.17) is 33.3 Å². The molecule has 0 radical (unpaired) electrons. The fourth-order valence-corrected chi connectivity index (χ4v) is 5.12. The van der Waals surface area contributed by atoms with Crippen molar-refractivity contribution in [2.75, 3.05) is 23.4 Å². The molecule has 0 aliphatic carbocycles. The van der Waals surface area contributed by atoms with Crippen molar-refractivity contribution in [2.45, 2.75) is 0 Å². The highest BCUT2D eigenvalue weighted by Gasteiger charge is 2.31. The first-order valence-electron chi connectivity index (χ1n) is 11.0. The van der Waals surface area contributed by atoms with Gasteiger partial charge in [0.1, 0.15) is 16.6 Å². The Kier molecular flexibility index (Phi) is 6.84. The molecule has 0 bridgehead atoms. The Labute approximate surface area is 225 Å². The summed E-state index contributed by atoms with van der Waals surface area (Å²) in [6.07, 6.45) is 0. The maximum Gasteiger partial charge on any atom is 0.338 e. The normalized spacial score (nSPS) is 13.4. The summed E-state index contributed by atoms with van der Waals surface area (Å²) in [5.41, 5.74) is 2.28. The first-order chi connectivity index (χ1) is 17.8. The SMILES string of the molecule is N=C1C(c2nc3ccccc3s2)=C(O)CN1c1cccc(C(=O)OCC(=O)Nc2ccc(Cl)c(Cl)c2)c1. The van der Waals surface area contributed by atoms with Gasteiger partial charge in [-0.1, -0.05) is 41.4 Å². The summed E-state index contributed by atoms with van der Waals surface area (Å²) in [5.74, 6) is -1.15. The average Bonchev–Trinajstić information content (AvgIpc) is 3.44. The molecule has 3 aromatic carbocycles. The number of anilines is 2. The lowest BCUT2D eigenvalue weighted by molar-refractivity contribution is -0.119. The number of ether oxygens (including phenoxy) is 1. The summed E-state index contributed by atoms with van der Waals surface area (Å²) in [6, 6.07) is 18.7. The Morgan fingerprint density at radius 3 is 2.68 bits per heavy atom. The molecule has 0 fully saturated rings. The van der Waals surface area contributed by atoms with Gasteiger partial charge in [0.05, 0.1) is 37.9 Å². The number of amidine groups is 1. The molecule has 0 unspecified atom stereocenters. The van der Waals surface area contributed by atoms with Crippen LogP contribution in [0, 0.1) is 5.41 Å². The highest BCUT2D eigenvalue weighted by atomic mass is 35.5. The van der Waals surface area contributed by atoms with Crippen molar-refractivity contribution in [1.29, 1.82) is 5.41 Å². The maximum absolute atomic E-state index is 12.6. The van der Waals surface area contributed by atoms with Gasteiger partial charge in [0.15, 0.2) is 6.61 Å². The summed E-state index contributed by atoms with van der Waals surface area (Å²) in [5, 5.41) is 23.1. The molecule has 8 nitrogen and oxygen atoms in total. The first-order valence-corrected chi connectivity index (χ1v) is 12.5. The number of thiazole rings is 1. The third-order valence-corrected chi connectivity index (χ3v) is 7.34. The Balaban J connectivity index is 1.25. The number of benzene rings is 3. The van der Waals surface area contributed by atoms with Gasteiger partial charge >= 0.3 is 5.97 Å². The Morgan fingerprint density at radius 2 is 1.89 bits per heavy atom. The van der Waals surface area contributed by atoms with E-state index in [0.717, 1.165) is 10.2 Å². The van der Waals surface area contributed by atoms with E-state index in [0.29, 0.717) is 27.0 Å². The van der Waals surface area contributed by atoms with Crippen molar-refractivity contribution in [3.63, 3.8) is 0 Å². The number of aliphatic hydroxyl groups is 1. The van der Waals surface area contributed by atoms with Crippen LogP contribution in [0.2, 0.25) is 10.0 Å². The number of hydrogen-bond donors (Lipinski definition) is 3. The quantitative estimate of drug-likeness (QED) is 0.246. The third kappa shape index (κ3) is 5.15. The molecular weight excluding hydrogens is 535 g/mol. The van der Waals surface area contributed by atoms with Crippen LogP contribution in [0.4, 0.5) is 11.4 Å². The number of fused-ring (bicyclic) bond motifs is 1. The van der Waals surface area contributed by atoms with Crippen molar-refractivity contribution in [2.24, 2.45) is 0 Å². The zero-order valence-electron chi connectivity index (χ0n) is 19.0. The number of para-hydroxylation sites is 1. The van der Waals surface area contributed by atoms with Gasteiger partial charge in [0, 0.05) is 11.4 Å². The van der Waals surface area contributed by atoms with E-state index < -0.39 is 18.5 Å². The van der Waals surface area contributed by atoms with E-state index >= 15 is 0 Å². The number of carbonyl (C=O) groups excluding carboxylic acids is 2. The van der Waals surface area contributed by atoms with Crippen molar-refractivity contribution in [3.05, 3.63) is 93.1 Å². The Morgan fingerprint density at radius 1 is 1.08 bits per heavy atom. The van der Waals surface area contributed by atoms with E-state index in [2.05, 4.69) is 10.3 Å². The van der Waals surface area contributed by atoms with E-state index in [9.17, 15) is 14.7 Å². The topological polar surface area (TPSA) is 116 Å². The summed E-state index contributed by atoms with van der Waals surface area (Å²) in [6.45, 7) is -0.443. The first kappa shape index (κ1) is 24.8. The molecule has 5 rings (SSSR count). The van der Waals surface area contributed by atoms with Gasteiger partial charge in [-0.3, -0.25) is 10.2 Å². The highest BCUT2D eigenvalue weighted by Crippen LogP contribution is 2.35. The molecule has 11 heteroatoms. The Hall–Kier alpha value is -3.92. The molecule has 186 valence electrons. The van der Waals surface area contributed by atoms with Crippen molar-refractivity contribution >= 4 is 79.4 Å². The second-order valence-electron chi connectivity index (χ2n) is 8.05. The van der Waals surface area contributed by atoms with Gasteiger partial charge < -0.3 is 20.1 Å². The van der Waals surface area contributed by atoms with Gasteiger partial charge in [-0.25, -0.2) is 9.78 Å². The van der Waals surface area contributed by atoms with Crippen LogP contribution >= 0.6 is 34.5 Å². The van der Waals surface area contributed by atoms with Crippen molar-refractivity contribution in [1.82, 2.24) is 4.98 Å². The van der Waals surface area contributed by atoms with Crippen molar-refractivity contribution < 1.29 is 19.4 Å². The maximum atomic E-state index is 12.6. The number of esters is 1. The molecule has 0 atom stereocenters. The largest absolute Gasteiger partial charge is 0.510 e. The molecule has 1 aromatic heterocycles. The highest BCUT2D eigenvalue weighted by molar-refractivity contribution is 7.19. The van der Waals surface area contributed by atoms with Gasteiger partial charge in [0.2, 0.25) is 0 Å². The number of carbonyl (C=O) groups is 2. The van der Waals surface area contributed by atoms with Gasteiger partial charge in [-0.05, 0) is 48.5 Å². The number of halogens is 2. The van der Waals surface area contributed by atoms with Crippen LogP contribution in [-0.4, -0.2) is 41.0 Å². The predicted molar refractivity (Wildman–Crippen MR) is 146 cm³/mol. The second-order valence-corrected chi connectivity index (χ2v) is 9.89. The number of nitrogens with zero attached hydrogens (tertiary/aromatic N) is 2. The summed E-state index contributed by atoms with van der Waals surface area (Å²) in [4.78, 5) is 30.9. The molecular formula is C26H18Cl2N4O4S. The minimum Gasteiger partial charge on any atom is -0.510 e. The molecule has 1 aliphatic rings. The van der Waals surface area contributed by atoms with E-state index in [-0.39, 0.29) is 28.7 Å². The molecule has 3 N–H and O–H groups in total. The van der Waals surface area contributed by atoms with Crippen LogP contribution in [0.3, 0.4) is 0 Å². The predicted octanol–water partition coefficient (Wildman–Crippen LogP) is 6.17. The number of aromatic nitrogens is 1. The molecule has 37 heavy (non-hydrogen) atoms. The second kappa shape index (κ2) is 10.2. The molecule has 0 saturated heterocycles. The molecule has 1 amide bonds. The van der Waals surface area contributed by atoms with Crippen LogP contribution in [0.5, 0.6) is 0 Å². The molecule has 2 heterocycles. The molecule has 0 saturated carbocycles. The monoisotopic (exact) mass is 552 g/mol. The minimum atomic E-state index is -0.708. The lowest BCUT2D eigenvalue weighted by Gasteiger charge is -2.19. The fourth-order valence-electron chi connectivity index (χ4n) is 3.79. The lowest BCUT2D eigenvalue weighted by Crippen LogP contribution is -2.26. The van der Waals surface area contributed by atoms with E-state index in [1.165, 1.54) is 17.4 Å². The zero-order chi connectivity index (χ0) is 26.1. The third-order valence-electron chi connectivity index (χ3n) is 5.54. The summed E-state index contributed by atoms with van der Waals surface area (Å²) < 4.78 is 6.11. The van der Waals surface area contributed by atoms with Crippen LogP contribution < -0.4 is 10.2 Å². The number of aliphatic hydroxyl groups excluding tert-OH is 1. The van der Waals surface area contributed by atoms with Gasteiger partial charge in [0.25, 0.3) is 5.91 Å². The number of nitrogens with one attached hydrogen (secondary N) is 2. The van der Waals surface area contributed by atoms with Crippen LogP contribution in [0.15, 0.2) is 72.5 Å². The smallest absolute Gasteiger partial charge is 0.338 e. The van der Waals surface area contributed by atoms with Gasteiger partial charge in [-0.2, -0.15) is 0 Å². The van der Waals surface area contributed by atoms with Crippen LogP contribution in [-0.2, 0) is 9.53 Å². The van der Waals surface area contributed by atoms with E-state index in [1.54, 1.807) is 41.3 Å². The lowest BCUT2D eigenvalue weighted by atomic mass is 10.2. The minimum absolute atomic E-state index is 0.0241. The molecule has 4 aromatic rings. The van der Waals surface area contributed by atoms with E-state index in [1.807, 2.05) is 24.3 Å².